The predicted molar refractivity (Wildman–Crippen MR) is 78.5 cm³/mol. The summed E-state index contributed by atoms with van der Waals surface area (Å²) < 4.78 is 0. The smallest absolute Gasteiger partial charge is 0.320 e. The van der Waals surface area contributed by atoms with Crippen molar-refractivity contribution in [3.63, 3.8) is 0 Å². The molecule has 4 heteroatoms. The number of likely N-dealkylation sites (tertiary alicyclic amines) is 1. The van der Waals surface area contributed by atoms with Crippen LogP contribution < -0.4 is 0 Å². The van der Waals surface area contributed by atoms with Crippen LogP contribution in [0, 0.1) is 5.92 Å². The third-order valence-corrected chi connectivity index (χ3v) is 5.57. The van der Waals surface area contributed by atoms with E-state index in [1.54, 1.807) is 0 Å². The molecule has 1 unspecified atom stereocenters. The number of hydrogen-bond acceptors (Lipinski definition) is 2. The van der Waals surface area contributed by atoms with E-state index in [2.05, 4.69) is 30.2 Å². The molecule has 0 radical (unpaired) electrons. The van der Waals surface area contributed by atoms with E-state index < -0.39 is 0 Å². The van der Waals surface area contributed by atoms with Crippen LogP contribution >= 0.6 is 11.3 Å². The predicted octanol–water partition coefficient (Wildman–Crippen LogP) is 3.52. The molecule has 1 saturated heterocycles. The van der Waals surface area contributed by atoms with Gasteiger partial charge >= 0.3 is 6.03 Å². The topological polar surface area (TPSA) is 23.6 Å². The van der Waals surface area contributed by atoms with Crippen LogP contribution in [-0.2, 0) is 6.42 Å². The molecule has 3 rings (SSSR count). The molecule has 2 aliphatic rings. The molecule has 2 amide bonds. The monoisotopic (exact) mass is 278 g/mol. The van der Waals surface area contributed by atoms with Crippen LogP contribution in [-0.4, -0.2) is 35.5 Å². The Morgan fingerprint density at radius 2 is 2.00 bits per heavy atom. The maximum Gasteiger partial charge on any atom is 0.320 e. The molecule has 0 bridgehead atoms. The van der Waals surface area contributed by atoms with Gasteiger partial charge in [0.2, 0.25) is 0 Å². The van der Waals surface area contributed by atoms with E-state index in [-0.39, 0.29) is 12.1 Å². The van der Waals surface area contributed by atoms with Gasteiger partial charge in [-0.1, -0.05) is 6.92 Å². The van der Waals surface area contributed by atoms with Gasteiger partial charge in [0.25, 0.3) is 0 Å². The van der Waals surface area contributed by atoms with Crippen molar-refractivity contribution >= 4 is 17.4 Å². The SMILES string of the molecule is CC1CCN(C(=O)N2CCc3sccc3C2C)CC1. The molecule has 0 aliphatic carbocycles. The Hall–Kier alpha value is -1.03. The van der Waals surface area contributed by atoms with Crippen molar-refractivity contribution in [1.82, 2.24) is 9.80 Å². The van der Waals surface area contributed by atoms with E-state index >= 15 is 0 Å². The highest BCUT2D eigenvalue weighted by Crippen LogP contribution is 2.33. The molecule has 104 valence electrons. The number of piperidine rings is 1. The highest BCUT2D eigenvalue weighted by atomic mass is 32.1. The molecular formula is C15H22N2OS. The van der Waals surface area contributed by atoms with Gasteiger partial charge < -0.3 is 9.80 Å². The summed E-state index contributed by atoms with van der Waals surface area (Å²) in [7, 11) is 0. The first-order valence-corrected chi connectivity index (χ1v) is 8.16. The first-order valence-electron chi connectivity index (χ1n) is 7.28. The Labute approximate surface area is 119 Å². The highest BCUT2D eigenvalue weighted by Gasteiger charge is 2.32. The Morgan fingerprint density at radius 3 is 2.74 bits per heavy atom. The number of urea groups is 1. The zero-order valence-corrected chi connectivity index (χ0v) is 12.6. The van der Waals surface area contributed by atoms with Crippen LogP contribution in [0.1, 0.15) is 43.2 Å². The quantitative estimate of drug-likeness (QED) is 0.712. The summed E-state index contributed by atoms with van der Waals surface area (Å²) in [6.45, 7) is 7.18. The average molecular weight is 278 g/mol. The lowest BCUT2D eigenvalue weighted by Gasteiger charge is -2.39. The third kappa shape index (κ3) is 2.38. The molecule has 1 aromatic heterocycles. The second-order valence-corrected chi connectivity index (χ2v) is 6.87. The van der Waals surface area contributed by atoms with E-state index in [0.29, 0.717) is 0 Å². The molecule has 1 fully saturated rings. The molecule has 0 saturated carbocycles. The molecule has 0 aromatic carbocycles. The largest absolute Gasteiger partial charge is 0.325 e. The number of rotatable bonds is 0. The number of carbonyl (C=O) groups excluding carboxylic acids is 1. The molecule has 0 N–H and O–H groups in total. The van der Waals surface area contributed by atoms with E-state index in [0.717, 1.165) is 44.8 Å². The van der Waals surface area contributed by atoms with E-state index in [1.165, 1.54) is 10.4 Å². The molecular weight excluding hydrogens is 256 g/mol. The lowest BCUT2D eigenvalue weighted by molar-refractivity contribution is 0.118. The Morgan fingerprint density at radius 1 is 1.26 bits per heavy atom. The van der Waals surface area contributed by atoms with Crippen molar-refractivity contribution in [2.75, 3.05) is 19.6 Å². The summed E-state index contributed by atoms with van der Waals surface area (Å²) in [6.07, 6.45) is 3.32. The van der Waals surface area contributed by atoms with Gasteiger partial charge in [-0.05, 0) is 49.1 Å². The zero-order chi connectivity index (χ0) is 13.4. The van der Waals surface area contributed by atoms with E-state index in [1.807, 2.05) is 16.2 Å². The van der Waals surface area contributed by atoms with Gasteiger partial charge in [-0.15, -0.1) is 11.3 Å². The van der Waals surface area contributed by atoms with Crippen LogP contribution in [0.15, 0.2) is 11.4 Å². The van der Waals surface area contributed by atoms with Crippen molar-refractivity contribution in [2.45, 2.75) is 39.2 Å². The number of fused-ring (bicyclic) bond motifs is 1. The molecule has 0 spiro atoms. The lowest BCUT2D eigenvalue weighted by atomic mass is 9.99. The Bertz CT molecular complexity index is 462. The van der Waals surface area contributed by atoms with Gasteiger partial charge in [0.05, 0.1) is 6.04 Å². The standard InChI is InChI=1S/C15H22N2OS/c1-11-3-7-16(8-4-11)15(18)17-9-5-14-13(12(17)2)6-10-19-14/h6,10-12H,3-5,7-9H2,1-2H3. The molecule has 3 heterocycles. The van der Waals surface area contributed by atoms with Crippen LogP contribution in [0.4, 0.5) is 4.79 Å². The van der Waals surface area contributed by atoms with Crippen molar-refractivity contribution in [3.8, 4) is 0 Å². The number of amides is 2. The Balaban J connectivity index is 1.71. The Kier molecular flexibility index (Phi) is 3.52. The fourth-order valence-electron chi connectivity index (χ4n) is 3.15. The number of carbonyl (C=O) groups is 1. The zero-order valence-electron chi connectivity index (χ0n) is 11.8. The molecule has 3 nitrogen and oxygen atoms in total. The van der Waals surface area contributed by atoms with E-state index in [9.17, 15) is 4.79 Å². The van der Waals surface area contributed by atoms with Crippen LogP contribution in [0.2, 0.25) is 0 Å². The first-order chi connectivity index (χ1) is 9.16. The van der Waals surface area contributed by atoms with Crippen molar-refractivity contribution in [3.05, 3.63) is 21.9 Å². The first kappa shape index (κ1) is 13.0. The fraction of sp³-hybridized carbons (Fsp3) is 0.667. The van der Waals surface area contributed by atoms with Crippen molar-refractivity contribution in [2.24, 2.45) is 5.92 Å². The second-order valence-electron chi connectivity index (χ2n) is 5.87. The van der Waals surface area contributed by atoms with Crippen molar-refractivity contribution < 1.29 is 4.79 Å². The summed E-state index contributed by atoms with van der Waals surface area (Å²) in [5, 5.41) is 2.15. The number of nitrogens with zero attached hydrogens (tertiary/aromatic N) is 2. The van der Waals surface area contributed by atoms with Crippen LogP contribution in [0.3, 0.4) is 0 Å². The van der Waals surface area contributed by atoms with Gasteiger partial charge in [-0.3, -0.25) is 0 Å². The minimum atomic E-state index is 0.238. The lowest BCUT2D eigenvalue weighted by Crippen LogP contribution is -2.49. The minimum absolute atomic E-state index is 0.238. The highest BCUT2D eigenvalue weighted by molar-refractivity contribution is 7.10. The van der Waals surface area contributed by atoms with Crippen LogP contribution in [0.5, 0.6) is 0 Å². The summed E-state index contributed by atoms with van der Waals surface area (Å²) in [4.78, 5) is 18.2. The second kappa shape index (κ2) is 5.16. The minimum Gasteiger partial charge on any atom is -0.325 e. The van der Waals surface area contributed by atoms with Gasteiger partial charge in [0.15, 0.2) is 0 Å². The third-order valence-electron chi connectivity index (χ3n) is 4.58. The van der Waals surface area contributed by atoms with Crippen molar-refractivity contribution in [1.29, 1.82) is 0 Å². The fourth-order valence-corrected chi connectivity index (χ4v) is 4.12. The van der Waals surface area contributed by atoms with Gasteiger partial charge in [-0.2, -0.15) is 0 Å². The summed E-state index contributed by atoms with van der Waals surface area (Å²) in [6, 6.07) is 2.67. The maximum absolute atomic E-state index is 12.7. The molecule has 1 aromatic rings. The molecule has 2 aliphatic heterocycles. The maximum atomic E-state index is 12.7. The van der Waals surface area contributed by atoms with E-state index in [4.69, 9.17) is 0 Å². The van der Waals surface area contributed by atoms with Gasteiger partial charge in [0, 0.05) is 24.5 Å². The number of hydrogen-bond donors (Lipinski definition) is 0. The molecule has 1 atom stereocenters. The summed E-state index contributed by atoms with van der Waals surface area (Å²) >= 11 is 1.83. The normalized spacial score (nSPS) is 24.4. The van der Waals surface area contributed by atoms with Crippen LogP contribution in [0.25, 0.3) is 0 Å². The number of thiophene rings is 1. The van der Waals surface area contributed by atoms with Gasteiger partial charge in [0.1, 0.15) is 0 Å². The van der Waals surface area contributed by atoms with Gasteiger partial charge in [-0.25, -0.2) is 4.79 Å². The average Bonchev–Trinajstić information content (AvgIpc) is 2.88. The summed E-state index contributed by atoms with van der Waals surface area (Å²) in [5.74, 6) is 0.770. The molecule has 19 heavy (non-hydrogen) atoms. The summed E-state index contributed by atoms with van der Waals surface area (Å²) in [5.41, 5.74) is 1.36.